The highest BCUT2D eigenvalue weighted by atomic mass is 16.5. The number of rotatable bonds is 8. The maximum atomic E-state index is 5.75. The predicted octanol–water partition coefficient (Wildman–Crippen LogP) is 7.39. The largest absolute Gasteiger partial charge is 0.494 e. The Morgan fingerprint density at radius 3 is 2.56 bits per heavy atom. The number of ether oxygens (including phenoxy) is 1. The third kappa shape index (κ3) is 4.87. The van der Waals surface area contributed by atoms with Crippen molar-refractivity contribution >= 4 is 16.3 Å². The van der Waals surface area contributed by atoms with Crippen LogP contribution < -0.4 is 4.74 Å². The van der Waals surface area contributed by atoms with Crippen LogP contribution in [0.25, 0.3) is 16.3 Å². The summed E-state index contributed by atoms with van der Waals surface area (Å²) in [4.78, 5) is 0. The van der Waals surface area contributed by atoms with E-state index < -0.39 is 0 Å². The Morgan fingerprint density at radius 1 is 0.960 bits per heavy atom. The molecule has 0 saturated carbocycles. The first-order valence-electron chi connectivity index (χ1n) is 10.2. The van der Waals surface area contributed by atoms with Crippen LogP contribution in [0, 0.1) is 5.92 Å². The van der Waals surface area contributed by atoms with Crippen LogP contribution in [-0.2, 0) is 0 Å². The van der Waals surface area contributed by atoms with Crippen molar-refractivity contribution < 1.29 is 4.74 Å². The zero-order valence-electron chi connectivity index (χ0n) is 15.9. The van der Waals surface area contributed by atoms with Crippen LogP contribution in [0.2, 0.25) is 0 Å². The average molecular weight is 337 g/mol. The van der Waals surface area contributed by atoms with Crippen molar-refractivity contribution in [3.63, 3.8) is 0 Å². The van der Waals surface area contributed by atoms with Crippen LogP contribution >= 0.6 is 0 Å². The molecule has 0 aliphatic heterocycles. The van der Waals surface area contributed by atoms with E-state index in [9.17, 15) is 0 Å². The molecule has 1 heteroatoms. The minimum Gasteiger partial charge on any atom is -0.494 e. The summed E-state index contributed by atoms with van der Waals surface area (Å²) in [6, 6.07) is 13.3. The molecule has 0 saturated heterocycles. The van der Waals surface area contributed by atoms with Crippen molar-refractivity contribution in [3.05, 3.63) is 48.0 Å². The fourth-order valence-electron chi connectivity index (χ4n) is 3.83. The fraction of sp³-hybridized carbons (Fsp3) is 0.500. The highest BCUT2D eigenvalue weighted by Gasteiger charge is 2.15. The lowest BCUT2D eigenvalue weighted by atomic mass is 9.83. The molecule has 1 aliphatic rings. The number of unbranched alkanes of at least 4 members (excludes halogenated alkanes) is 2. The Balaban J connectivity index is 1.67. The molecule has 134 valence electrons. The molecule has 1 nitrogen and oxygen atoms in total. The molecule has 3 rings (SSSR count). The summed E-state index contributed by atoms with van der Waals surface area (Å²) in [5, 5.41) is 2.58. The van der Waals surface area contributed by atoms with E-state index in [0.29, 0.717) is 0 Å². The Bertz CT molecular complexity index is 713. The second kappa shape index (κ2) is 9.08. The minimum absolute atomic E-state index is 0.788. The zero-order chi connectivity index (χ0) is 17.5. The van der Waals surface area contributed by atoms with E-state index in [1.807, 2.05) is 0 Å². The van der Waals surface area contributed by atoms with Crippen LogP contribution in [0.1, 0.15) is 70.8 Å². The molecule has 2 aromatic carbocycles. The van der Waals surface area contributed by atoms with Gasteiger partial charge in [-0.2, -0.15) is 0 Å². The van der Waals surface area contributed by atoms with Crippen LogP contribution in [-0.4, -0.2) is 6.61 Å². The topological polar surface area (TPSA) is 9.23 Å². The zero-order valence-corrected chi connectivity index (χ0v) is 15.9. The normalized spacial score (nSPS) is 17.5. The van der Waals surface area contributed by atoms with Crippen LogP contribution in [0.5, 0.6) is 5.75 Å². The average Bonchev–Trinajstić information content (AvgIpc) is 2.66. The number of hydrogen-bond acceptors (Lipinski definition) is 1. The molecule has 0 amide bonds. The smallest absolute Gasteiger partial charge is 0.119 e. The van der Waals surface area contributed by atoms with Gasteiger partial charge in [0.2, 0.25) is 0 Å². The fourth-order valence-corrected chi connectivity index (χ4v) is 3.83. The van der Waals surface area contributed by atoms with E-state index in [1.54, 1.807) is 5.57 Å². The molecule has 2 aromatic rings. The molecular formula is C24H32O. The first kappa shape index (κ1) is 18.0. The van der Waals surface area contributed by atoms with Gasteiger partial charge in [0.15, 0.2) is 0 Å². The SMILES string of the molecule is CCCCCC1CC=C(c2ccc3cc(OCCC)ccc3c2)CC1. The monoisotopic (exact) mass is 336 g/mol. The Labute approximate surface area is 153 Å². The molecule has 0 aromatic heterocycles. The lowest BCUT2D eigenvalue weighted by Crippen LogP contribution is -2.05. The molecule has 0 fully saturated rings. The summed E-state index contributed by atoms with van der Waals surface area (Å²) in [7, 11) is 0. The summed E-state index contributed by atoms with van der Waals surface area (Å²) in [5.41, 5.74) is 2.95. The summed E-state index contributed by atoms with van der Waals surface area (Å²) in [6.45, 7) is 5.22. The second-order valence-electron chi connectivity index (χ2n) is 7.44. The Hall–Kier alpha value is -1.76. The lowest BCUT2D eigenvalue weighted by molar-refractivity contribution is 0.318. The first-order chi connectivity index (χ1) is 12.3. The van der Waals surface area contributed by atoms with Crippen molar-refractivity contribution in [2.24, 2.45) is 5.92 Å². The van der Waals surface area contributed by atoms with Crippen LogP contribution in [0.4, 0.5) is 0 Å². The summed E-state index contributed by atoms with van der Waals surface area (Å²) >= 11 is 0. The Morgan fingerprint density at radius 2 is 1.80 bits per heavy atom. The summed E-state index contributed by atoms with van der Waals surface area (Å²) < 4.78 is 5.75. The van der Waals surface area contributed by atoms with Gasteiger partial charge in [-0.1, -0.05) is 63.8 Å². The third-order valence-electron chi connectivity index (χ3n) is 5.39. The van der Waals surface area contributed by atoms with E-state index in [0.717, 1.165) is 24.7 Å². The third-order valence-corrected chi connectivity index (χ3v) is 5.39. The summed E-state index contributed by atoms with van der Waals surface area (Å²) in [6.07, 6.45) is 12.9. The standard InChI is InChI=1S/C24H32O/c1-3-5-6-7-19-8-10-20(11-9-19)21-12-13-23-18-24(25-16-4-2)15-14-22(23)17-21/h10,12-15,17-19H,3-9,11,16H2,1-2H3. The highest BCUT2D eigenvalue weighted by Crippen LogP contribution is 2.34. The molecule has 0 N–H and O–H groups in total. The van der Waals surface area contributed by atoms with Gasteiger partial charge in [-0.15, -0.1) is 0 Å². The highest BCUT2D eigenvalue weighted by molar-refractivity contribution is 5.87. The molecule has 0 bridgehead atoms. The molecule has 25 heavy (non-hydrogen) atoms. The Kier molecular flexibility index (Phi) is 6.55. The van der Waals surface area contributed by atoms with Crippen molar-refractivity contribution in [3.8, 4) is 5.75 Å². The van der Waals surface area contributed by atoms with Gasteiger partial charge in [-0.25, -0.2) is 0 Å². The maximum absolute atomic E-state index is 5.75. The summed E-state index contributed by atoms with van der Waals surface area (Å²) in [5.74, 6) is 1.89. The van der Waals surface area contributed by atoms with Gasteiger partial charge in [0.25, 0.3) is 0 Å². The molecule has 1 aliphatic carbocycles. The number of fused-ring (bicyclic) bond motifs is 1. The van der Waals surface area contributed by atoms with E-state index in [-0.39, 0.29) is 0 Å². The maximum Gasteiger partial charge on any atom is 0.119 e. The quantitative estimate of drug-likeness (QED) is 0.456. The van der Waals surface area contributed by atoms with Gasteiger partial charge < -0.3 is 4.74 Å². The van der Waals surface area contributed by atoms with Crippen molar-refractivity contribution in [1.29, 1.82) is 0 Å². The molecule has 0 heterocycles. The van der Waals surface area contributed by atoms with Gasteiger partial charge in [0.05, 0.1) is 6.61 Å². The lowest BCUT2D eigenvalue weighted by Gasteiger charge is -2.22. The van der Waals surface area contributed by atoms with E-state index >= 15 is 0 Å². The number of hydrogen-bond donors (Lipinski definition) is 0. The molecule has 1 unspecified atom stereocenters. The first-order valence-corrected chi connectivity index (χ1v) is 10.2. The molecule has 0 radical (unpaired) electrons. The van der Waals surface area contributed by atoms with E-state index in [1.165, 1.54) is 61.3 Å². The van der Waals surface area contributed by atoms with Crippen molar-refractivity contribution in [2.45, 2.75) is 65.2 Å². The van der Waals surface area contributed by atoms with Gasteiger partial charge in [0.1, 0.15) is 5.75 Å². The van der Waals surface area contributed by atoms with Crippen LogP contribution in [0.3, 0.4) is 0 Å². The van der Waals surface area contributed by atoms with Gasteiger partial charge >= 0.3 is 0 Å². The molecule has 0 spiro atoms. The van der Waals surface area contributed by atoms with Crippen molar-refractivity contribution in [1.82, 2.24) is 0 Å². The molecule has 1 atom stereocenters. The van der Waals surface area contributed by atoms with Gasteiger partial charge in [-0.3, -0.25) is 0 Å². The van der Waals surface area contributed by atoms with Gasteiger partial charge in [-0.05, 0) is 71.7 Å². The predicted molar refractivity (Wildman–Crippen MR) is 109 cm³/mol. The van der Waals surface area contributed by atoms with Crippen molar-refractivity contribution in [2.75, 3.05) is 6.61 Å². The van der Waals surface area contributed by atoms with E-state index in [2.05, 4.69) is 56.3 Å². The second-order valence-corrected chi connectivity index (χ2v) is 7.44. The number of allylic oxidation sites excluding steroid dienone is 2. The number of benzene rings is 2. The van der Waals surface area contributed by atoms with E-state index in [4.69, 9.17) is 4.74 Å². The molecular weight excluding hydrogens is 304 g/mol. The van der Waals surface area contributed by atoms with Gasteiger partial charge in [0, 0.05) is 0 Å². The minimum atomic E-state index is 0.788. The van der Waals surface area contributed by atoms with Crippen LogP contribution in [0.15, 0.2) is 42.5 Å².